The molecule has 0 aliphatic heterocycles. The van der Waals surface area contributed by atoms with Crippen molar-refractivity contribution in [2.75, 3.05) is 19.5 Å². The van der Waals surface area contributed by atoms with Gasteiger partial charge in [0.2, 0.25) is 0 Å². The van der Waals surface area contributed by atoms with Crippen molar-refractivity contribution in [1.29, 1.82) is 0 Å². The highest BCUT2D eigenvalue weighted by atomic mass is 19.1. The number of aromatic nitrogens is 3. The first kappa shape index (κ1) is 13.5. The van der Waals surface area contributed by atoms with Crippen LogP contribution in [0.15, 0.2) is 17.2 Å². The number of anilines is 1. The first-order chi connectivity index (χ1) is 9.06. The van der Waals surface area contributed by atoms with Crippen LogP contribution in [0.2, 0.25) is 0 Å². The van der Waals surface area contributed by atoms with Gasteiger partial charge in [-0.25, -0.2) is 9.37 Å². The standard InChI is InChI=1S/C11H15FN4O3/c1-19-8(4-17)6(12)3-16-5-14-10-7(16)2-9(13)15-11(10)18/h2,5-6,8,17H,3-4H2,1H3,(H3,13,15,18). The molecule has 7 nitrogen and oxygen atoms in total. The second kappa shape index (κ2) is 5.37. The zero-order valence-electron chi connectivity index (χ0n) is 10.3. The minimum absolute atomic E-state index is 0.0849. The summed E-state index contributed by atoms with van der Waals surface area (Å²) >= 11 is 0. The molecule has 0 aliphatic rings. The molecule has 2 aromatic heterocycles. The Labute approximate surface area is 107 Å². The van der Waals surface area contributed by atoms with Gasteiger partial charge < -0.3 is 25.1 Å². The van der Waals surface area contributed by atoms with Gasteiger partial charge in [0.05, 0.1) is 25.0 Å². The molecule has 0 fully saturated rings. The number of nitrogens with zero attached hydrogens (tertiary/aromatic N) is 2. The number of aliphatic hydroxyl groups is 1. The molecule has 0 saturated carbocycles. The molecular weight excluding hydrogens is 255 g/mol. The molecule has 0 bridgehead atoms. The molecule has 0 spiro atoms. The zero-order valence-corrected chi connectivity index (χ0v) is 10.3. The second-order valence-electron chi connectivity index (χ2n) is 4.16. The number of alkyl halides is 1. The lowest BCUT2D eigenvalue weighted by Crippen LogP contribution is -2.31. The van der Waals surface area contributed by atoms with E-state index in [9.17, 15) is 9.18 Å². The lowest BCUT2D eigenvalue weighted by molar-refractivity contribution is -0.0114. The molecule has 104 valence electrons. The van der Waals surface area contributed by atoms with Gasteiger partial charge in [-0.3, -0.25) is 4.79 Å². The van der Waals surface area contributed by atoms with Gasteiger partial charge in [0.1, 0.15) is 18.1 Å². The normalized spacial score (nSPS) is 14.7. The number of aliphatic hydroxyl groups excluding tert-OH is 1. The molecule has 0 amide bonds. The predicted octanol–water partition coefficient (Wildman–Crippen LogP) is -0.348. The average Bonchev–Trinajstić information content (AvgIpc) is 2.74. The van der Waals surface area contributed by atoms with Crippen molar-refractivity contribution in [3.63, 3.8) is 0 Å². The Balaban J connectivity index is 2.34. The molecule has 2 atom stereocenters. The van der Waals surface area contributed by atoms with E-state index in [1.54, 1.807) is 0 Å². The lowest BCUT2D eigenvalue weighted by Gasteiger charge is -2.17. The van der Waals surface area contributed by atoms with Crippen LogP contribution in [0.5, 0.6) is 0 Å². The van der Waals surface area contributed by atoms with E-state index in [1.165, 1.54) is 24.1 Å². The molecule has 2 aromatic rings. The highest BCUT2D eigenvalue weighted by molar-refractivity contribution is 5.76. The molecule has 2 heterocycles. The molecule has 8 heteroatoms. The zero-order chi connectivity index (χ0) is 14.0. The summed E-state index contributed by atoms with van der Waals surface area (Å²) in [6.07, 6.45) is -0.986. The van der Waals surface area contributed by atoms with E-state index in [0.29, 0.717) is 5.52 Å². The number of H-pyrrole nitrogens is 1. The van der Waals surface area contributed by atoms with E-state index in [1.807, 2.05) is 0 Å². The van der Waals surface area contributed by atoms with Gasteiger partial charge in [0, 0.05) is 13.2 Å². The first-order valence-electron chi connectivity index (χ1n) is 5.68. The topological polar surface area (TPSA) is 106 Å². The fourth-order valence-corrected chi connectivity index (χ4v) is 1.88. The molecule has 0 saturated heterocycles. The fourth-order valence-electron chi connectivity index (χ4n) is 1.88. The Bertz CT molecular complexity index is 620. The number of nitrogens with one attached hydrogen (secondary N) is 1. The molecule has 0 aliphatic carbocycles. The highest BCUT2D eigenvalue weighted by Gasteiger charge is 2.21. The van der Waals surface area contributed by atoms with Crippen LogP contribution in [0.4, 0.5) is 10.2 Å². The summed E-state index contributed by atoms with van der Waals surface area (Å²) in [5.41, 5.74) is 5.75. The van der Waals surface area contributed by atoms with Crippen molar-refractivity contribution in [2.24, 2.45) is 0 Å². The molecule has 19 heavy (non-hydrogen) atoms. The quantitative estimate of drug-likeness (QED) is 0.688. The van der Waals surface area contributed by atoms with Gasteiger partial charge >= 0.3 is 0 Å². The number of hydrogen-bond donors (Lipinski definition) is 3. The minimum atomic E-state index is -1.42. The van der Waals surface area contributed by atoms with Gasteiger partial charge in [-0.2, -0.15) is 0 Å². The Hall–Kier alpha value is -1.93. The summed E-state index contributed by atoms with van der Waals surface area (Å²) in [5.74, 6) is 0.181. The molecule has 0 radical (unpaired) electrons. The van der Waals surface area contributed by atoms with Crippen LogP contribution in [0.25, 0.3) is 11.0 Å². The Morgan fingerprint density at radius 2 is 2.42 bits per heavy atom. The van der Waals surface area contributed by atoms with E-state index in [0.717, 1.165) is 0 Å². The van der Waals surface area contributed by atoms with Crippen LogP contribution in [-0.2, 0) is 11.3 Å². The van der Waals surface area contributed by atoms with Gasteiger partial charge in [0.25, 0.3) is 5.56 Å². The number of halogens is 1. The summed E-state index contributed by atoms with van der Waals surface area (Å²) < 4.78 is 20.2. The van der Waals surface area contributed by atoms with Crippen molar-refractivity contribution < 1.29 is 14.2 Å². The van der Waals surface area contributed by atoms with Crippen LogP contribution in [0.3, 0.4) is 0 Å². The first-order valence-corrected chi connectivity index (χ1v) is 5.68. The molecule has 0 aromatic carbocycles. The summed E-state index contributed by atoms with van der Waals surface area (Å²) in [7, 11) is 1.32. The number of hydrogen-bond acceptors (Lipinski definition) is 5. The molecule has 2 unspecified atom stereocenters. The summed E-state index contributed by atoms with van der Waals surface area (Å²) in [5, 5.41) is 8.96. The lowest BCUT2D eigenvalue weighted by atomic mass is 10.2. The second-order valence-corrected chi connectivity index (χ2v) is 4.16. The number of aromatic amines is 1. The third-order valence-electron chi connectivity index (χ3n) is 2.90. The predicted molar refractivity (Wildman–Crippen MR) is 67.5 cm³/mol. The van der Waals surface area contributed by atoms with Crippen molar-refractivity contribution >= 4 is 16.9 Å². The van der Waals surface area contributed by atoms with Crippen molar-refractivity contribution in [3.05, 3.63) is 22.7 Å². The van der Waals surface area contributed by atoms with Crippen LogP contribution in [0.1, 0.15) is 0 Å². The maximum Gasteiger partial charge on any atom is 0.277 e. The molecule has 2 rings (SSSR count). The van der Waals surface area contributed by atoms with Crippen LogP contribution in [0, 0.1) is 0 Å². The number of nitrogens with two attached hydrogens (primary N) is 1. The Kier molecular flexibility index (Phi) is 3.82. The number of ether oxygens (including phenoxy) is 1. The summed E-state index contributed by atoms with van der Waals surface area (Å²) in [4.78, 5) is 17.9. The van der Waals surface area contributed by atoms with Crippen molar-refractivity contribution in [3.8, 4) is 0 Å². The number of methoxy groups -OCH3 is 1. The SMILES string of the molecule is COC(CO)C(F)Cn1cnc2c(=O)[nH]c(N)cc21. The number of nitrogen functional groups attached to an aromatic ring is 1. The van der Waals surface area contributed by atoms with Crippen LogP contribution < -0.4 is 11.3 Å². The summed E-state index contributed by atoms with van der Waals surface area (Å²) in [6, 6.07) is 1.51. The maximum absolute atomic E-state index is 13.9. The largest absolute Gasteiger partial charge is 0.394 e. The van der Waals surface area contributed by atoms with Crippen LogP contribution in [-0.4, -0.2) is 45.6 Å². The van der Waals surface area contributed by atoms with Crippen molar-refractivity contribution in [1.82, 2.24) is 14.5 Å². The van der Waals surface area contributed by atoms with Crippen molar-refractivity contribution in [2.45, 2.75) is 18.8 Å². The number of rotatable bonds is 5. The third-order valence-corrected chi connectivity index (χ3v) is 2.90. The van der Waals surface area contributed by atoms with Gasteiger partial charge in [-0.05, 0) is 0 Å². The minimum Gasteiger partial charge on any atom is -0.394 e. The van der Waals surface area contributed by atoms with E-state index in [4.69, 9.17) is 15.6 Å². The third kappa shape index (κ3) is 2.59. The number of pyridine rings is 1. The van der Waals surface area contributed by atoms with Gasteiger partial charge in [-0.15, -0.1) is 0 Å². The summed E-state index contributed by atoms with van der Waals surface area (Å²) in [6.45, 7) is -0.508. The molecule has 4 N–H and O–H groups in total. The number of imidazole rings is 1. The van der Waals surface area contributed by atoms with Crippen LogP contribution >= 0.6 is 0 Å². The Morgan fingerprint density at radius 1 is 1.68 bits per heavy atom. The highest BCUT2D eigenvalue weighted by Crippen LogP contribution is 2.14. The van der Waals surface area contributed by atoms with E-state index < -0.39 is 24.4 Å². The van der Waals surface area contributed by atoms with Gasteiger partial charge in [0.15, 0.2) is 5.52 Å². The fraction of sp³-hybridized carbons (Fsp3) is 0.455. The van der Waals surface area contributed by atoms with Gasteiger partial charge in [-0.1, -0.05) is 0 Å². The number of fused-ring (bicyclic) bond motifs is 1. The molecular formula is C11H15FN4O3. The Morgan fingerprint density at radius 3 is 3.05 bits per heavy atom. The smallest absolute Gasteiger partial charge is 0.277 e. The van der Waals surface area contributed by atoms with E-state index in [2.05, 4.69) is 9.97 Å². The monoisotopic (exact) mass is 270 g/mol. The van der Waals surface area contributed by atoms with E-state index in [-0.39, 0.29) is 17.9 Å². The van der Waals surface area contributed by atoms with E-state index >= 15 is 0 Å². The average molecular weight is 270 g/mol. The maximum atomic E-state index is 13.9.